The number of rotatable bonds is 10. The van der Waals surface area contributed by atoms with E-state index < -0.39 is 0 Å². The molecule has 2 amide bonds. The van der Waals surface area contributed by atoms with Gasteiger partial charge in [0.05, 0.1) is 0 Å². The number of nitrogens with zero attached hydrogens (tertiary/aromatic N) is 1. The monoisotopic (exact) mass is 453 g/mol. The lowest BCUT2D eigenvalue weighted by Gasteiger charge is -2.17. The standard InChI is InChI=1S/C29H31N3O2/c1-32(18-6-16-30-28(33)26-14-12-22-8-2-4-10-24(22)20-26)19-7-17-31-29(34)27-15-13-23-9-3-5-11-25(23)21-27/h2-5,8-15,20-21H,6-7,16-19H2,1H3,(H,30,33)(H,31,34). The second-order valence-corrected chi connectivity index (χ2v) is 8.65. The number of nitrogens with one attached hydrogen (secondary N) is 2. The van der Waals surface area contributed by atoms with Crippen molar-refractivity contribution in [1.29, 1.82) is 0 Å². The third-order valence-electron chi connectivity index (χ3n) is 6.03. The number of hydrogen-bond donors (Lipinski definition) is 2. The van der Waals surface area contributed by atoms with Crippen LogP contribution in [0, 0.1) is 0 Å². The van der Waals surface area contributed by atoms with Crippen LogP contribution >= 0.6 is 0 Å². The van der Waals surface area contributed by atoms with Gasteiger partial charge in [0.2, 0.25) is 0 Å². The molecule has 0 aliphatic carbocycles. The normalized spacial score (nSPS) is 11.1. The third kappa shape index (κ3) is 6.21. The van der Waals surface area contributed by atoms with Crippen molar-refractivity contribution in [3.05, 3.63) is 96.1 Å². The topological polar surface area (TPSA) is 61.4 Å². The maximum absolute atomic E-state index is 12.4. The van der Waals surface area contributed by atoms with E-state index in [9.17, 15) is 9.59 Å². The molecule has 5 heteroatoms. The molecule has 4 aromatic carbocycles. The summed E-state index contributed by atoms with van der Waals surface area (Å²) >= 11 is 0. The summed E-state index contributed by atoms with van der Waals surface area (Å²) in [6.07, 6.45) is 1.75. The Bertz CT molecular complexity index is 1190. The van der Waals surface area contributed by atoms with Crippen molar-refractivity contribution < 1.29 is 9.59 Å². The first-order valence-corrected chi connectivity index (χ1v) is 11.8. The van der Waals surface area contributed by atoms with Crippen LogP contribution in [0.5, 0.6) is 0 Å². The maximum atomic E-state index is 12.4. The van der Waals surface area contributed by atoms with E-state index in [4.69, 9.17) is 0 Å². The molecule has 174 valence electrons. The van der Waals surface area contributed by atoms with E-state index in [1.807, 2.05) is 84.9 Å². The van der Waals surface area contributed by atoms with Gasteiger partial charge in [-0.3, -0.25) is 9.59 Å². The molecule has 0 aromatic heterocycles. The average Bonchev–Trinajstić information content (AvgIpc) is 2.88. The molecular formula is C29H31N3O2. The van der Waals surface area contributed by atoms with Gasteiger partial charge in [-0.15, -0.1) is 0 Å². The van der Waals surface area contributed by atoms with Gasteiger partial charge in [-0.05, 0) is 78.8 Å². The highest BCUT2D eigenvalue weighted by Crippen LogP contribution is 2.16. The van der Waals surface area contributed by atoms with Crippen molar-refractivity contribution >= 4 is 33.4 Å². The molecule has 5 nitrogen and oxygen atoms in total. The summed E-state index contributed by atoms with van der Waals surface area (Å²) in [7, 11) is 2.07. The molecule has 4 aromatic rings. The Kier molecular flexibility index (Phi) is 7.89. The summed E-state index contributed by atoms with van der Waals surface area (Å²) in [5.41, 5.74) is 1.38. The van der Waals surface area contributed by atoms with Crippen molar-refractivity contribution in [3.63, 3.8) is 0 Å². The lowest BCUT2D eigenvalue weighted by atomic mass is 10.1. The van der Waals surface area contributed by atoms with E-state index in [1.165, 1.54) is 0 Å². The molecule has 0 aliphatic heterocycles. The predicted molar refractivity (Wildman–Crippen MR) is 139 cm³/mol. The van der Waals surface area contributed by atoms with Gasteiger partial charge in [-0.25, -0.2) is 0 Å². The minimum Gasteiger partial charge on any atom is -0.352 e. The molecule has 0 aliphatic rings. The van der Waals surface area contributed by atoms with Crippen LogP contribution in [-0.4, -0.2) is 49.9 Å². The molecular weight excluding hydrogens is 422 g/mol. The summed E-state index contributed by atoms with van der Waals surface area (Å²) < 4.78 is 0. The molecule has 4 rings (SSSR count). The van der Waals surface area contributed by atoms with Gasteiger partial charge in [0, 0.05) is 24.2 Å². The number of hydrogen-bond acceptors (Lipinski definition) is 3. The Labute approximate surface area is 200 Å². The second kappa shape index (κ2) is 11.4. The van der Waals surface area contributed by atoms with Crippen LogP contribution in [0.1, 0.15) is 33.6 Å². The summed E-state index contributed by atoms with van der Waals surface area (Å²) in [4.78, 5) is 27.1. The average molecular weight is 454 g/mol. The number of benzene rings is 4. The van der Waals surface area contributed by atoms with E-state index in [-0.39, 0.29) is 11.8 Å². The fourth-order valence-corrected chi connectivity index (χ4v) is 4.08. The quantitative estimate of drug-likeness (QED) is 0.337. The first-order valence-electron chi connectivity index (χ1n) is 11.8. The maximum Gasteiger partial charge on any atom is 0.251 e. The summed E-state index contributed by atoms with van der Waals surface area (Å²) in [5.74, 6) is -0.0744. The Morgan fingerprint density at radius 1 is 0.618 bits per heavy atom. The molecule has 0 heterocycles. The fraction of sp³-hybridized carbons (Fsp3) is 0.241. The van der Waals surface area contributed by atoms with Crippen molar-refractivity contribution in [3.8, 4) is 0 Å². The lowest BCUT2D eigenvalue weighted by Crippen LogP contribution is -2.30. The van der Waals surface area contributed by atoms with Gasteiger partial charge >= 0.3 is 0 Å². The van der Waals surface area contributed by atoms with Gasteiger partial charge in [-0.1, -0.05) is 60.7 Å². The first-order chi connectivity index (χ1) is 16.6. The fourth-order valence-electron chi connectivity index (χ4n) is 4.08. The van der Waals surface area contributed by atoms with Crippen molar-refractivity contribution in [1.82, 2.24) is 15.5 Å². The van der Waals surface area contributed by atoms with Gasteiger partial charge < -0.3 is 15.5 Å². The summed E-state index contributed by atoms with van der Waals surface area (Å²) in [5, 5.41) is 10.4. The van der Waals surface area contributed by atoms with E-state index in [0.29, 0.717) is 24.2 Å². The molecule has 0 spiro atoms. The van der Waals surface area contributed by atoms with Crippen LogP contribution in [0.4, 0.5) is 0 Å². The Hall–Kier alpha value is -3.70. The lowest BCUT2D eigenvalue weighted by molar-refractivity contribution is 0.0946. The smallest absolute Gasteiger partial charge is 0.251 e. The third-order valence-corrected chi connectivity index (χ3v) is 6.03. The molecule has 0 saturated heterocycles. The second-order valence-electron chi connectivity index (χ2n) is 8.65. The van der Waals surface area contributed by atoms with E-state index >= 15 is 0 Å². The Balaban J connectivity index is 1.11. The zero-order valence-corrected chi connectivity index (χ0v) is 19.6. The highest BCUT2D eigenvalue weighted by Gasteiger charge is 2.08. The molecule has 0 bridgehead atoms. The largest absolute Gasteiger partial charge is 0.352 e. The molecule has 0 saturated carbocycles. The first kappa shape index (κ1) is 23.5. The Morgan fingerprint density at radius 2 is 1.03 bits per heavy atom. The zero-order valence-electron chi connectivity index (χ0n) is 19.6. The molecule has 0 unspecified atom stereocenters. The number of carbonyl (C=O) groups excluding carboxylic acids is 2. The molecule has 2 N–H and O–H groups in total. The van der Waals surface area contributed by atoms with Crippen LogP contribution in [0.25, 0.3) is 21.5 Å². The molecule has 0 fully saturated rings. The predicted octanol–water partition coefficient (Wildman–Crippen LogP) is 4.86. The van der Waals surface area contributed by atoms with Gasteiger partial charge in [0.15, 0.2) is 0 Å². The highest BCUT2D eigenvalue weighted by molar-refractivity contribution is 5.99. The number of fused-ring (bicyclic) bond motifs is 2. The van der Waals surface area contributed by atoms with Crippen LogP contribution in [-0.2, 0) is 0 Å². The van der Waals surface area contributed by atoms with Gasteiger partial charge in [-0.2, -0.15) is 0 Å². The van der Waals surface area contributed by atoms with Crippen LogP contribution in [0.15, 0.2) is 84.9 Å². The van der Waals surface area contributed by atoms with Crippen molar-refractivity contribution in [2.24, 2.45) is 0 Å². The summed E-state index contributed by atoms with van der Waals surface area (Å²) in [6.45, 7) is 3.04. The molecule has 0 atom stereocenters. The van der Waals surface area contributed by atoms with Crippen molar-refractivity contribution in [2.75, 3.05) is 33.2 Å². The zero-order chi connectivity index (χ0) is 23.8. The van der Waals surface area contributed by atoms with Crippen LogP contribution in [0.3, 0.4) is 0 Å². The van der Waals surface area contributed by atoms with Crippen molar-refractivity contribution in [2.45, 2.75) is 12.8 Å². The van der Waals surface area contributed by atoms with Gasteiger partial charge in [0.25, 0.3) is 11.8 Å². The molecule has 0 radical (unpaired) electrons. The van der Waals surface area contributed by atoms with E-state index in [2.05, 4.69) is 22.6 Å². The highest BCUT2D eigenvalue weighted by atomic mass is 16.2. The van der Waals surface area contributed by atoms with E-state index in [0.717, 1.165) is 47.5 Å². The minimum absolute atomic E-state index is 0.0372. The number of carbonyl (C=O) groups is 2. The number of amides is 2. The molecule has 34 heavy (non-hydrogen) atoms. The SMILES string of the molecule is CN(CCCNC(=O)c1ccc2ccccc2c1)CCCNC(=O)c1ccc2ccccc2c1. The van der Waals surface area contributed by atoms with Crippen LogP contribution < -0.4 is 10.6 Å². The Morgan fingerprint density at radius 3 is 1.47 bits per heavy atom. The van der Waals surface area contributed by atoms with E-state index in [1.54, 1.807) is 0 Å². The summed E-state index contributed by atoms with van der Waals surface area (Å²) in [6, 6.07) is 27.7. The van der Waals surface area contributed by atoms with Gasteiger partial charge in [0.1, 0.15) is 0 Å². The minimum atomic E-state index is -0.0372. The van der Waals surface area contributed by atoms with Crippen LogP contribution in [0.2, 0.25) is 0 Å².